The molecule has 0 bridgehead atoms. The molecule has 0 rings (SSSR count). The molecule has 0 spiro atoms. The summed E-state index contributed by atoms with van der Waals surface area (Å²) in [5.74, 6) is -0.958. The molecule has 0 aromatic carbocycles. The predicted octanol–water partition coefficient (Wildman–Crippen LogP) is 10.6. The maximum absolute atomic E-state index is 12.6. The van der Waals surface area contributed by atoms with Gasteiger partial charge in [-0.3, -0.25) is 14.2 Å². The van der Waals surface area contributed by atoms with Crippen LogP contribution in [0.2, 0.25) is 0 Å². The summed E-state index contributed by atoms with van der Waals surface area (Å²) in [6.07, 6.45) is 42.7. The minimum absolute atomic E-state index is 0.0508. The van der Waals surface area contributed by atoms with Gasteiger partial charge < -0.3 is 33.0 Å². The molecule has 0 aliphatic rings. The molecule has 0 fully saturated rings. The second-order valence-electron chi connectivity index (χ2n) is 15.5. The summed E-state index contributed by atoms with van der Waals surface area (Å²) in [6, 6.07) is 0. The van der Waals surface area contributed by atoms with E-state index >= 15 is 0 Å². The van der Waals surface area contributed by atoms with Crippen LogP contribution < -0.4 is 4.89 Å². The fourth-order valence-electron chi connectivity index (χ4n) is 5.41. The van der Waals surface area contributed by atoms with Crippen molar-refractivity contribution in [2.75, 3.05) is 47.5 Å². The Bertz CT molecular complexity index is 1220. The first kappa shape index (κ1) is 54.4. The van der Waals surface area contributed by atoms with Gasteiger partial charge in [-0.25, -0.2) is 0 Å². The minimum Gasteiger partial charge on any atom is -0.756 e. The molecule has 0 radical (unpaired) electrons. The standard InChI is InChI=1S/C46H80NO9P/c1-6-8-10-11-12-13-14-16-21-24-27-30-34-38-46(50)56-44(42-55-57(51,52)54-40-39-47(3,4)5)41-53-45(49)37-33-29-26-23-20-18-15-17-19-22-25-28-32-36-43(48)35-31-9-7-2/h9,17-20,25-26,28-29,31-32,36,43-44,48H,6-8,10-16,21-24,27,30,33-35,37-42H2,1-5H3/b19-17-,20-18-,28-25+,29-26-,31-9-,36-32+/t43?,44-/m1/s1. The lowest BCUT2D eigenvalue weighted by molar-refractivity contribution is -0.870. The van der Waals surface area contributed by atoms with Gasteiger partial charge >= 0.3 is 11.9 Å². The molecule has 0 heterocycles. The van der Waals surface area contributed by atoms with E-state index in [1.165, 1.54) is 57.8 Å². The van der Waals surface area contributed by atoms with Gasteiger partial charge in [0.15, 0.2) is 6.10 Å². The van der Waals surface area contributed by atoms with Crippen molar-refractivity contribution in [2.24, 2.45) is 0 Å². The molecule has 0 amide bonds. The van der Waals surface area contributed by atoms with E-state index in [1.54, 1.807) is 6.08 Å². The number of aliphatic hydroxyl groups is 1. The number of quaternary nitrogens is 1. The number of hydrogen-bond donors (Lipinski definition) is 1. The molecule has 0 aliphatic carbocycles. The van der Waals surface area contributed by atoms with E-state index in [0.717, 1.165) is 44.9 Å². The van der Waals surface area contributed by atoms with Gasteiger partial charge in [-0.15, -0.1) is 0 Å². The zero-order valence-corrected chi connectivity index (χ0v) is 37.3. The van der Waals surface area contributed by atoms with Crippen molar-refractivity contribution in [3.8, 4) is 0 Å². The Labute approximate surface area is 347 Å². The molecule has 3 atom stereocenters. The Morgan fingerprint density at radius 2 is 1.23 bits per heavy atom. The van der Waals surface area contributed by atoms with Gasteiger partial charge in [0.25, 0.3) is 7.82 Å². The number of likely N-dealkylation sites (N-methyl/N-ethyl adjacent to an activating group) is 1. The number of phosphoric ester groups is 1. The number of nitrogens with zero attached hydrogens (tertiary/aromatic N) is 1. The first-order valence-corrected chi connectivity index (χ1v) is 23.2. The maximum Gasteiger partial charge on any atom is 0.306 e. The lowest BCUT2D eigenvalue weighted by Crippen LogP contribution is -2.37. The van der Waals surface area contributed by atoms with Crippen LogP contribution in [0.1, 0.15) is 149 Å². The highest BCUT2D eigenvalue weighted by atomic mass is 31.2. The largest absolute Gasteiger partial charge is 0.756 e. The van der Waals surface area contributed by atoms with Crippen molar-refractivity contribution in [3.05, 3.63) is 72.9 Å². The molecular formula is C46H80NO9P. The third kappa shape index (κ3) is 41.4. The number of carbonyl (C=O) groups excluding carboxylic acids is 2. The third-order valence-electron chi connectivity index (χ3n) is 8.83. The van der Waals surface area contributed by atoms with E-state index in [1.807, 2.05) is 63.7 Å². The second-order valence-corrected chi connectivity index (χ2v) is 16.9. The van der Waals surface area contributed by atoms with E-state index < -0.39 is 38.6 Å². The number of rotatable bonds is 38. The number of hydrogen-bond acceptors (Lipinski definition) is 9. The van der Waals surface area contributed by atoms with Crippen molar-refractivity contribution in [3.63, 3.8) is 0 Å². The quantitative estimate of drug-likeness (QED) is 0.0161. The van der Waals surface area contributed by atoms with Gasteiger partial charge in [0.2, 0.25) is 0 Å². The summed E-state index contributed by atoms with van der Waals surface area (Å²) in [5, 5.41) is 9.84. The molecule has 0 saturated carbocycles. The van der Waals surface area contributed by atoms with Crippen LogP contribution in [-0.4, -0.2) is 81.2 Å². The normalized spacial score (nSPS) is 14.9. The molecule has 11 heteroatoms. The zero-order chi connectivity index (χ0) is 42.3. The number of carbonyl (C=O) groups is 2. The van der Waals surface area contributed by atoms with Crippen molar-refractivity contribution in [1.29, 1.82) is 0 Å². The average Bonchev–Trinajstić information content (AvgIpc) is 3.15. The smallest absolute Gasteiger partial charge is 0.306 e. The fraction of sp³-hybridized carbons (Fsp3) is 0.696. The summed E-state index contributed by atoms with van der Waals surface area (Å²) in [5.41, 5.74) is 0. The van der Waals surface area contributed by atoms with Gasteiger partial charge in [0.05, 0.1) is 33.9 Å². The monoisotopic (exact) mass is 822 g/mol. The van der Waals surface area contributed by atoms with E-state index in [4.69, 9.17) is 18.5 Å². The highest BCUT2D eigenvalue weighted by Gasteiger charge is 2.21. The van der Waals surface area contributed by atoms with E-state index in [0.29, 0.717) is 30.3 Å². The molecule has 0 saturated heterocycles. The topological polar surface area (TPSA) is 131 Å². The lowest BCUT2D eigenvalue weighted by atomic mass is 10.0. The number of phosphoric acid groups is 1. The van der Waals surface area contributed by atoms with Crippen LogP contribution in [0.4, 0.5) is 0 Å². The van der Waals surface area contributed by atoms with Crippen LogP contribution in [-0.2, 0) is 32.7 Å². The molecule has 0 aromatic rings. The zero-order valence-electron chi connectivity index (χ0n) is 36.4. The SMILES string of the molecule is CC/C=C\CC(O)/C=C/C=C/C/C=C\C/C=C\C/C=C\CCC(=O)OC[C@H](COP(=O)([O-])OCC[N+](C)(C)C)OC(=O)CCCCCCCCCCCCCCC. The maximum atomic E-state index is 12.6. The Balaban J connectivity index is 4.52. The van der Waals surface area contributed by atoms with Crippen molar-refractivity contribution in [2.45, 2.75) is 161 Å². The van der Waals surface area contributed by atoms with Crippen molar-refractivity contribution in [1.82, 2.24) is 0 Å². The van der Waals surface area contributed by atoms with Crippen LogP contribution in [0.3, 0.4) is 0 Å². The fourth-order valence-corrected chi connectivity index (χ4v) is 6.14. The number of allylic oxidation sites excluding steroid dienone is 10. The first-order valence-electron chi connectivity index (χ1n) is 21.8. The number of aliphatic hydroxyl groups excluding tert-OH is 1. The van der Waals surface area contributed by atoms with Crippen LogP contribution >= 0.6 is 7.82 Å². The number of unbranched alkanes of at least 4 members (excludes halogenated alkanes) is 12. The lowest BCUT2D eigenvalue weighted by Gasteiger charge is -2.28. The number of ether oxygens (including phenoxy) is 2. The molecule has 57 heavy (non-hydrogen) atoms. The Hall–Kier alpha value is -2.59. The molecule has 328 valence electrons. The highest BCUT2D eigenvalue weighted by Crippen LogP contribution is 2.38. The van der Waals surface area contributed by atoms with E-state index in [9.17, 15) is 24.2 Å². The Morgan fingerprint density at radius 1 is 0.667 bits per heavy atom. The van der Waals surface area contributed by atoms with Crippen molar-refractivity contribution >= 4 is 19.8 Å². The van der Waals surface area contributed by atoms with Crippen LogP contribution in [0.25, 0.3) is 0 Å². The molecule has 1 N–H and O–H groups in total. The first-order chi connectivity index (χ1) is 27.4. The third-order valence-corrected chi connectivity index (χ3v) is 9.80. The van der Waals surface area contributed by atoms with Crippen LogP contribution in [0.15, 0.2) is 72.9 Å². The predicted molar refractivity (Wildman–Crippen MR) is 232 cm³/mol. The Kier molecular flexibility index (Phi) is 36.0. The van der Waals surface area contributed by atoms with Gasteiger partial charge in [0.1, 0.15) is 19.8 Å². The summed E-state index contributed by atoms with van der Waals surface area (Å²) in [6.45, 7) is 3.90. The Morgan fingerprint density at radius 3 is 1.81 bits per heavy atom. The average molecular weight is 822 g/mol. The summed E-state index contributed by atoms with van der Waals surface area (Å²) in [7, 11) is 1.10. The number of esters is 2. The van der Waals surface area contributed by atoms with Crippen molar-refractivity contribution < 1.29 is 47.2 Å². The second kappa shape index (κ2) is 37.7. The summed E-state index contributed by atoms with van der Waals surface area (Å²) < 4.78 is 33.7. The molecule has 0 aromatic heterocycles. The van der Waals surface area contributed by atoms with Gasteiger partial charge in [-0.2, -0.15) is 0 Å². The highest BCUT2D eigenvalue weighted by molar-refractivity contribution is 7.45. The summed E-state index contributed by atoms with van der Waals surface area (Å²) >= 11 is 0. The van der Waals surface area contributed by atoms with E-state index in [-0.39, 0.29) is 26.1 Å². The molecule has 2 unspecified atom stereocenters. The van der Waals surface area contributed by atoms with E-state index in [2.05, 4.69) is 38.2 Å². The van der Waals surface area contributed by atoms with Gasteiger partial charge in [0, 0.05) is 12.8 Å². The van der Waals surface area contributed by atoms with Crippen LogP contribution in [0.5, 0.6) is 0 Å². The molecule has 0 aliphatic heterocycles. The van der Waals surface area contributed by atoms with Gasteiger partial charge in [-0.05, 0) is 44.9 Å². The van der Waals surface area contributed by atoms with Gasteiger partial charge in [-0.1, -0.05) is 164 Å². The summed E-state index contributed by atoms with van der Waals surface area (Å²) in [4.78, 5) is 37.5. The molecule has 10 nitrogen and oxygen atoms in total. The molecular weight excluding hydrogens is 741 g/mol. The van der Waals surface area contributed by atoms with Crippen LogP contribution in [0, 0.1) is 0 Å². The minimum atomic E-state index is -4.65.